The van der Waals surface area contributed by atoms with Crippen molar-refractivity contribution in [2.24, 2.45) is 0 Å². The first kappa shape index (κ1) is 14.5. The molecule has 20 heavy (non-hydrogen) atoms. The number of nitrogens with one attached hydrogen (secondary N) is 1. The second kappa shape index (κ2) is 6.01. The van der Waals surface area contributed by atoms with Gasteiger partial charge in [0.15, 0.2) is 0 Å². The molecule has 2 aromatic carbocycles. The largest absolute Gasteiger partial charge is 0.399 e. The smallest absolute Gasteiger partial charge is 0.255 e. The number of carbonyl (C=O) groups is 1. The van der Waals surface area contributed by atoms with Crippen LogP contribution in [0.2, 0.25) is 0 Å². The Morgan fingerprint density at radius 2 is 1.75 bits per heavy atom. The molecule has 0 aliphatic carbocycles. The van der Waals surface area contributed by atoms with Crippen molar-refractivity contribution < 1.29 is 4.79 Å². The number of anilines is 2. The zero-order chi connectivity index (χ0) is 14.7. The summed E-state index contributed by atoms with van der Waals surface area (Å²) in [6.07, 6.45) is 2.01. The van der Waals surface area contributed by atoms with Crippen LogP contribution in [0.1, 0.15) is 21.5 Å². The molecule has 3 N–H and O–H groups in total. The lowest BCUT2D eigenvalue weighted by Gasteiger charge is -2.11. The van der Waals surface area contributed by atoms with Gasteiger partial charge in [-0.3, -0.25) is 4.79 Å². The van der Waals surface area contributed by atoms with Crippen molar-refractivity contribution in [3.05, 3.63) is 53.1 Å². The lowest BCUT2D eigenvalue weighted by molar-refractivity contribution is 0.102. The lowest BCUT2D eigenvalue weighted by atomic mass is 10.1. The number of carbonyl (C=O) groups excluding carboxylic acids is 1. The Hall–Kier alpha value is -1.94. The van der Waals surface area contributed by atoms with Crippen LogP contribution in [0.3, 0.4) is 0 Å². The molecule has 2 rings (SSSR count). The molecule has 0 atom stereocenters. The molecule has 0 aliphatic rings. The highest BCUT2D eigenvalue weighted by Crippen LogP contribution is 2.23. The maximum atomic E-state index is 12.2. The number of nitrogen functional groups attached to an aromatic ring is 1. The molecule has 0 bridgehead atoms. The molecule has 0 saturated carbocycles. The van der Waals surface area contributed by atoms with Gasteiger partial charge in [-0.15, -0.1) is 11.8 Å². The lowest BCUT2D eigenvalue weighted by Crippen LogP contribution is -2.13. The normalized spacial score (nSPS) is 10.3. The summed E-state index contributed by atoms with van der Waals surface area (Å²) in [6, 6.07) is 11.3. The molecule has 0 spiro atoms. The molecule has 104 valence electrons. The van der Waals surface area contributed by atoms with Gasteiger partial charge >= 0.3 is 0 Å². The number of benzene rings is 2. The van der Waals surface area contributed by atoms with Crippen molar-refractivity contribution in [1.29, 1.82) is 0 Å². The maximum absolute atomic E-state index is 12.2. The van der Waals surface area contributed by atoms with Gasteiger partial charge in [0.1, 0.15) is 0 Å². The molecule has 0 aliphatic heterocycles. The highest BCUT2D eigenvalue weighted by Gasteiger charge is 2.09. The average molecular weight is 286 g/mol. The molecule has 0 heterocycles. The molecule has 0 aromatic heterocycles. The zero-order valence-electron chi connectivity index (χ0n) is 11.9. The van der Waals surface area contributed by atoms with E-state index in [0.717, 1.165) is 27.4 Å². The van der Waals surface area contributed by atoms with Gasteiger partial charge in [0.05, 0.1) is 0 Å². The molecule has 0 radical (unpaired) electrons. The average Bonchev–Trinajstić information content (AvgIpc) is 2.44. The van der Waals surface area contributed by atoms with E-state index < -0.39 is 0 Å². The third kappa shape index (κ3) is 3.14. The van der Waals surface area contributed by atoms with E-state index in [1.807, 2.05) is 56.5 Å². The van der Waals surface area contributed by atoms with Crippen LogP contribution >= 0.6 is 11.8 Å². The Kier molecular flexibility index (Phi) is 4.35. The van der Waals surface area contributed by atoms with Gasteiger partial charge in [-0.1, -0.05) is 0 Å². The summed E-state index contributed by atoms with van der Waals surface area (Å²) < 4.78 is 0. The van der Waals surface area contributed by atoms with Crippen molar-refractivity contribution in [2.75, 3.05) is 17.3 Å². The van der Waals surface area contributed by atoms with Crippen LogP contribution in [0.25, 0.3) is 0 Å². The number of aryl methyl sites for hydroxylation is 2. The monoisotopic (exact) mass is 286 g/mol. The van der Waals surface area contributed by atoms with Crippen LogP contribution in [0.5, 0.6) is 0 Å². The van der Waals surface area contributed by atoms with Gasteiger partial charge in [-0.25, -0.2) is 0 Å². The summed E-state index contributed by atoms with van der Waals surface area (Å²) in [4.78, 5) is 13.4. The second-order valence-electron chi connectivity index (χ2n) is 4.71. The zero-order valence-corrected chi connectivity index (χ0v) is 12.7. The van der Waals surface area contributed by atoms with Crippen LogP contribution in [0.15, 0.2) is 41.3 Å². The Morgan fingerprint density at radius 1 is 1.10 bits per heavy atom. The fraction of sp³-hybridized carbons (Fsp3) is 0.188. The van der Waals surface area contributed by atoms with Gasteiger partial charge in [-0.2, -0.15) is 0 Å². The first-order chi connectivity index (χ1) is 9.51. The van der Waals surface area contributed by atoms with Gasteiger partial charge in [0.25, 0.3) is 5.91 Å². The fourth-order valence-corrected chi connectivity index (χ4v) is 2.32. The van der Waals surface area contributed by atoms with Crippen LogP contribution in [-0.4, -0.2) is 12.2 Å². The minimum Gasteiger partial charge on any atom is -0.399 e. The molecule has 0 saturated heterocycles. The standard InChI is InChI=1S/C16H18N2OS/c1-10-9-15(11(2)8-14(10)17)18-16(19)12-4-6-13(20-3)7-5-12/h4-9H,17H2,1-3H3,(H,18,19). The molecular weight excluding hydrogens is 268 g/mol. The first-order valence-corrected chi connectivity index (χ1v) is 7.56. The van der Waals surface area contributed by atoms with Gasteiger partial charge < -0.3 is 11.1 Å². The van der Waals surface area contributed by atoms with Crippen molar-refractivity contribution in [3.63, 3.8) is 0 Å². The van der Waals surface area contributed by atoms with Gasteiger partial charge in [0, 0.05) is 21.8 Å². The summed E-state index contributed by atoms with van der Waals surface area (Å²) in [5.74, 6) is -0.107. The Morgan fingerprint density at radius 3 is 2.35 bits per heavy atom. The Bertz CT molecular complexity index is 636. The third-order valence-corrected chi connectivity index (χ3v) is 3.96. The quantitative estimate of drug-likeness (QED) is 0.665. The minimum absolute atomic E-state index is 0.107. The predicted octanol–water partition coefficient (Wildman–Crippen LogP) is 3.86. The van der Waals surface area contributed by atoms with Gasteiger partial charge in [-0.05, 0) is 67.6 Å². The van der Waals surface area contributed by atoms with Crippen LogP contribution in [-0.2, 0) is 0 Å². The first-order valence-electron chi connectivity index (χ1n) is 6.33. The van der Waals surface area contributed by atoms with E-state index in [-0.39, 0.29) is 5.91 Å². The maximum Gasteiger partial charge on any atom is 0.255 e. The Labute approximate surface area is 123 Å². The molecule has 2 aromatic rings. The number of hydrogen-bond acceptors (Lipinski definition) is 3. The molecule has 0 fully saturated rings. The second-order valence-corrected chi connectivity index (χ2v) is 5.59. The summed E-state index contributed by atoms with van der Waals surface area (Å²) in [5.41, 5.74) is 9.96. The number of nitrogens with two attached hydrogens (primary N) is 1. The Balaban J connectivity index is 2.20. The summed E-state index contributed by atoms with van der Waals surface area (Å²) in [5, 5.41) is 2.93. The number of rotatable bonds is 3. The molecule has 4 heteroatoms. The van der Waals surface area contributed by atoms with Crippen molar-refractivity contribution >= 4 is 29.0 Å². The summed E-state index contributed by atoms with van der Waals surface area (Å²) in [7, 11) is 0. The topological polar surface area (TPSA) is 55.1 Å². The fourth-order valence-electron chi connectivity index (χ4n) is 1.91. The summed E-state index contributed by atoms with van der Waals surface area (Å²) in [6.45, 7) is 3.86. The van der Waals surface area contributed by atoms with Crippen molar-refractivity contribution in [1.82, 2.24) is 0 Å². The number of thioether (sulfide) groups is 1. The van der Waals surface area contributed by atoms with E-state index in [1.165, 1.54) is 0 Å². The molecule has 3 nitrogen and oxygen atoms in total. The van der Waals surface area contributed by atoms with Crippen molar-refractivity contribution in [2.45, 2.75) is 18.7 Å². The van der Waals surface area contributed by atoms with E-state index in [0.29, 0.717) is 5.56 Å². The highest BCUT2D eigenvalue weighted by molar-refractivity contribution is 7.98. The van der Waals surface area contributed by atoms with E-state index >= 15 is 0 Å². The number of hydrogen-bond donors (Lipinski definition) is 2. The summed E-state index contributed by atoms with van der Waals surface area (Å²) >= 11 is 1.65. The highest BCUT2D eigenvalue weighted by atomic mass is 32.2. The minimum atomic E-state index is -0.107. The van der Waals surface area contributed by atoms with E-state index in [2.05, 4.69) is 5.32 Å². The third-order valence-electron chi connectivity index (χ3n) is 3.21. The van der Waals surface area contributed by atoms with Crippen LogP contribution < -0.4 is 11.1 Å². The van der Waals surface area contributed by atoms with E-state index in [9.17, 15) is 4.79 Å². The SMILES string of the molecule is CSc1ccc(C(=O)Nc2cc(C)c(N)cc2C)cc1. The molecule has 1 amide bonds. The predicted molar refractivity (Wildman–Crippen MR) is 86.5 cm³/mol. The van der Waals surface area contributed by atoms with E-state index in [4.69, 9.17) is 5.73 Å². The van der Waals surface area contributed by atoms with E-state index in [1.54, 1.807) is 11.8 Å². The molecule has 0 unspecified atom stereocenters. The van der Waals surface area contributed by atoms with Gasteiger partial charge in [0.2, 0.25) is 0 Å². The van der Waals surface area contributed by atoms with Crippen molar-refractivity contribution in [3.8, 4) is 0 Å². The van der Waals surface area contributed by atoms with Crippen LogP contribution in [0, 0.1) is 13.8 Å². The number of amides is 1. The van der Waals surface area contributed by atoms with Crippen LogP contribution in [0.4, 0.5) is 11.4 Å². The molecular formula is C16H18N2OS.